The van der Waals surface area contributed by atoms with Gasteiger partial charge in [-0.25, -0.2) is 4.99 Å². The second kappa shape index (κ2) is 7.67. The Hall–Kier alpha value is -2.04. The maximum Gasteiger partial charge on any atom is 0.246 e. The minimum atomic E-state index is -0.136. The standard InChI is InChI=1S/C16H24N4O/c1-2-13-7-6-8-14(11-13)19-15(21)12-18-16(17)20-9-4-3-5-10-20/h6-8,11H,2-5,9-10,12H2,1H3,(H2,17,18)(H,19,21). The average Bonchev–Trinajstić information content (AvgIpc) is 2.53. The summed E-state index contributed by atoms with van der Waals surface area (Å²) in [6.07, 6.45) is 4.49. The zero-order valence-corrected chi connectivity index (χ0v) is 12.6. The van der Waals surface area contributed by atoms with Crippen LogP contribution in [-0.4, -0.2) is 36.4 Å². The van der Waals surface area contributed by atoms with Crippen LogP contribution >= 0.6 is 0 Å². The number of carbonyl (C=O) groups excluding carboxylic acids is 1. The molecule has 5 heteroatoms. The van der Waals surface area contributed by atoms with Crippen molar-refractivity contribution in [3.8, 4) is 0 Å². The number of nitrogens with one attached hydrogen (secondary N) is 1. The van der Waals surface area contributed by atoms with E-state index in [2.05, 4.69) is 22.1 Å². The van der Waals surface area contributed by atoms with Crippen LogP contribution in [0, 0.1) is 0 Å². The second-order valence-electron chi connectivity index (χ2n) is 5.32. The highest BCUT2D eigenvalue weighted by molar-refractivity contribution is 5.94. The first-order chi connectivity index (χ1) is 10.2. The number of piperidine rings is 1. The molecule has 1 amide bonds. The van der Waals surface area contributed by atoms with Crippen molar-refractivity contribution in [2.75, 3.05) is 25.0 Å². The third-order valence-corrected chi connectivity index (χ3v) is 3.68. The largest absolute Gasteiger partial charge is 0.370 e. The van der Waals surface area contributed by atoms with E-state index in [9.17, 15) is 4.79 Å². The number of hydrogen-bond acceptors (Lipinski definition) is 2. The number of aryl methyl sites for hydroxylation is 1. The highest BCUT2D eigenvalue weighted by Crippen LogP contribution is 2.11. The highest BCUT2D eigenvalue weighted by Gasteiger charge is 2.12. The zero-order chi connectivity index (χ0) is 15.1. The molecule has 1 aromatic rings. The molecule has 21 heavy (non-hydrogen) atoms. The van der Waals surface area contributed by atoms with E-state index in [-0.39, 0.29) is 12.5 Å². The van der Waals surface area contributed by atoms with E-state index in [1.54, 1.807) is 0 Å². The first-order valence-electron chi connectivity index (χ1n) is 7.62. The van der Waals surface area contributed by atoms with Crippen LogP contribution in [0.2, 0.25) is 0 Å². The highest BCUT2D eigenvalue weighted by atomic mass is 16.1. The number of anilines is 1. The minimum Gasteiger partial charge on any atom is -0.370 e. The number of amides is 1. The number of hydrogen-bond donors (Lipinski definition) is 2. The van der Waals surface area contributed by atoms with Crippen LogP contribution in [0.25, 0.3) is 0 Å². The number of nitrogens with two attached hydrogens (primary N) is 1. The smallest absolute Gasteiger partial charge is 0.246 e. The average molecular weight is 288 g/mol. The van der Waals surface area contributed by atoms with E-state index in [1.807, 2.05) is 24.3 Å². The van der Waals surface area contributed by atoms with Crippen molar-refractivity contribution >= 4 is 17.6 Å². The molecule has 3 N–H and O–H groups in total. The molecule has 5 nitrogen and oxygen atoms in total. The molecule has 1 aliphatic heterocycles. The fourth-order valence-corrected chi connectivity index (χ4v) is 2.45. The van der Waals surface area contributed by atoms with Crippen LogP contribution in [0.4, 0.5) is 5.69 Å². The summed E-state index contributed by atoms with van der Waals surface area (Å²) in [5, 5.41) is 2.85. The molecule has 114 valence electrons. The summed E-state index contributed by atoms with van der Waals surface area (Å²) in [5.41, 5.74) is 7.94. The van der Waals surface area contributed by atoms with Gasteiger partial charge in [0, 0.05) is 18.8 Å². The van der Waals surface area contributed by atoms with E-state index in [4.69, 9.17) is 5.73 Å². The number of guanidine groups is 1. The van der Waals surface area contributed by atoms with Crippen LogP contribution in [0.15, 0.2) is 29.3 Å². The van der Waals surface area contributed by atoms with Crippen LogP contribution in [0.5, 0.6) is 0 Å². The predicted octanol–water partition coefficient (Wildman–Crippen LogP) is 1.99. The fraction of sp³-hybridized carbons (Fsp3) is 0.500. The first-order valence-corrected chi connectivity index (χ1v) is 7.62. The van der Waals surface area contributed by atoms with Gasteiger partial charge in [0.05, 0.1) is 0 Å². The lowest BCUT2D eigenvalue weighted by Crippen LogP contribution is -2.41. The van der Waals surface area contributed by atoms with Crippen molar-refractivity contribution < 1.29 is 4.79 Å². The van der Waals surface area contributed by atoms with Crippen LogP contribution < -0.4 is 11.1 Å². The molecule has 1 saturated heterocycles. The molecule has 0 bridgehead atoms. The second-order valence-corrected chi connectivity index (χ2v) is 5.32. The molecule has 0 unspecified atom stereocenters. The third-order valence-electron chi connectivity index (χ3n) is 3.68. The van der Waals surface area contributed by atoms with Gasteiger partial charge in [0.25, 0.3) is 0 Å². The van der Waals surface area contributed by atoms with Gasteiger partial charge in [0.15, 0.2) is 5.96 Å². The molecule has 0 atom stereocenters. The zero-order valence-electron chi connectivity index (χ0n) is 12.6. The lowest BCUT2D eigenvalue weighted by atomic mass is 10.1. The Morgan fingerprint density at radius 3 is 2.81 bits per heavy atom. The molecule has 1 aliphatic rings. The lowest BCUT2D eigenvalue weighted by Gasteiger charge is -2.27. The topological polar surface area (TPSA) is 70.7 Å². The third kappa shape index (κ3) is 4.77. The molecule has 0 aromatic heterocycles. The summed E-state index contributed by atoms with van der Waals surface area (Å²) in [7, 11) is 0. The Bertz CT molecular complexity index is 507. The van der Waals surface area contributed by atoms with E-state index < -0.39 is 0 Å². The van der Waals surface area contributed by atoms with Crippen molar-refractivity contribution in [1.29, 1.82) is 0 Å². The molecule has 2 rings (SSSR count). The molecule has 0 radical (unpaired) electrons. The summed E-state index contributed by atoms with van der Waals surface area (Å²) >= 11 is 0. The monoisotopic (exact) mass is 288 g/mol. The van der Waals surface area contributed by atoms with Gasteiger partial charge in [-0.05, 0) is 43.4 Å². The van der Waals surface area contributed by atoms with Crippen molar-refractivity contribution in [1.82, 2.24) is 4.90 Å². The molecule has 1 aromatic carbocycles. The summed E-state index contributed by atoms with van der Waals surface area (Å²) in [4.78, 5) is 18.2. The van der Waals surface area contributed by atoms with Gasteiger partial charge in [0.1, 0.15) is 6.54 Å². The van der Waals surface area contributed by atoms with Crippen LogP contribution in [0.1, 0.15) is 31.7 Å². The molecule has 0 saturated carbocycles. The molecule has 1 heterocycles. The van der Waals surface area contributed by atoms with E-state index in [1.165, 1.54) is 12.0 Å². The van der Waals surface area contributed by atoms with Gasteiger partial charge in [-0.3, -0.25) is 4.79 Å². The maximum absolute atomic E-state index is 11.9. The number of carbonyl (C=O) groups is 1. The summed E-state index contributed by atoms with van der Waals surface area (Å²) in [5.74, 6) is 0.343. The SMILES string of the molecule is CCc1cccc(NC(=O)CN=C(N)N2CCCCC2)c1. The Balaban J connectivity index is 1.86. The summed E-state index contributed by atoms with van der Waals surface area (Å²) < 4.78 is 0. The molecule has 0 aliphatic carbocycles. The molecular weight excluding hydrogens is 264 g/mol. The van der Waals surface area contributed by atoms with Gasteiger partial charge in [-0.15, -0.1) is 0 Å². The van der Waals surface area contributed by atoms with Gasteiger partial charge in [-0.1, -0.05) is 19.1 Å². The van der Waals surface area contributed by atoms with Gasteiger partial charge >= 0.3 is 0 Å². The Morgan fingerprint density at radius 2 is 2.10 bits per heavy atom. The van der Waals surface area contributed by atoms with Crippen molar-refractivity contribution in [2.24, 2.45) is 10.7 Å². The summed E-state index contributed by atoms with van der Waals surface area (Å²) in [6.45, 7) is 4.04. The van der Waals surface area contributed by atoms with E-state index in [0.29, 0.717) is 5.96 Å². The first kappa shape index (κ1) is 15.4. The molecular formula is C16H24N4O. The van der Waals surface area contributed by atoms with Crippen molar-refractivity contribution in [3.05, 3.63) is 29.8 Å². The van der Waals surface area contributed by atoms with Crippen LogP contribution in [0.3, 0.4) is 0 Å². The number of likely N-dealkylation sites (tertiary alicyclic amines) is 1. The van der Waals surface area contributed by atoms with E-state index in [0.717, 1.165) is 38.0 Å². The van der Waals surface area contributed by atoms with Gasteiger partial charge in [0.2, 0.25) is 5.91 Å². The molecule has 0 spiro atoms. The number of nitrogens with zero attached hydrogens (tertiary/aromatic N) is 2. The number of benzene rings is 1. The Morgan fingerprint density at radius 1 is 1.33 bits per heavy atom. The quantitative estimate of drug-likeness (QED) is 0.657. The van der Waals surface area contributed by atoms with Crippen molar-refractivity contribution in [2.45, 2.75) is 32.6 Å². The summed E-state index contributed by atoms with van der Waals surface area (Å²) in [6, 6.07) is 7.85. The van der Waals surface area contributed by atoms with Gasteiger partial charge in [-0.2, -0.15) is 0 Å². The lowest BCUT2D eigenvalue weighted by molar-refractivity contribution is -0.114. The van der Waals surface area contributed by atoms with E-state index >= 15 is 0 Å². The number of aliphatic imine (C=N–C) groups is 1. The predicted molar refractivity (Wildman–Crippen MR) is 86.4 cm³/mol. The van der Waals surface area contributed by atoms with Crippen molar-refractivity contribution in [3.63, 3.8) is 0 Å². The minimum absolute atomic E-state index is 0.0681. The van der Waals surface area contributed by atoms with Crippen LogP contribution in [-0.2, 0) is 11.2 Å². The number of rotatable bonds is 4. The molecule has 1 fully saturated rings. The Labute approximate surface area is 126 Å². The fourth-order valence-electron chi connectivity index (χ4n) is 2.45. The normalized spacial score (nSPS) is 15.9. The van der Waals surface area contributed by atoms with Gasteiger partial charge < -0.3 is 16.0 Å². The Kier molecular flexibility index (Phi) is 5.60. The maximum atomic E-state index is 11.9.